The largest absolute Gasteiger partial charge is 0.493 e. The molecule has 3 rings (SSSR count). The number of hydrogen-bond donors (Lipinski definition) is 1. The molecule has 2 aromatic heterocycles. The van der Waals surface area contributed by atoms with E-state index in [9.17, 15) is 9.59 Å². The molecule has 0 aliphatic heterocycles. The Morgan fingerprint density at radius 1 is 1.25 bits per heavy atom. The van der Waals surface area contributed by atoms with Crippen LogP contribution in [0.3, 0.4) is 0 Å². The second kappa shape index (κ2) is 8.43. The van der Waals surface area contributed by atoms with Crippen molar-refractivity contribution in [1.29, 1.82) is 0 Å². The molecular weight excluding hydrogens is 378 g/mol. The number of rotatable bonds is 7. The number of ether oxygens (including phenoxy) is 2. The first-order valence-corrected chi connectivity index (χ1v) is 9.78. The van der Waals surface area contributed by atoms with Crippen molar-refractivity contribution in [2.75, 3.05) is 20.8 Å². The summed E-state index contributed by atoms with van der Waals surface area (Å²) in [5.74, 6) is 1.33. The number of nitrogens with one attached hydrogen (secondary N) is 1. The van der Waals surface area contributed by atoms with Crippen molar-refractivity contribution in [3.05, 3.63) is 40.3 Å². The van der Waals surface area contributed by atoms with Crippen LogP contribution in [-0.2, 0) is 11.3 Å². The van der Waals surface area contributed by atoms with Gasteiger partial charge in [-0.1, -0.05) is 19.9 Å². The number of carbonyl (C=O) groups excluding carboxylic acids is 1. The lowest BCUT2D eigenvalue weighted by Gasteiger charge is -2.10. The number of carbonyl (C=O) groups is 1. The van der Waals surface area contributed by atoms with Crippen LogP contribution in [0.25, 0.3) is 21.3 Å². The van der Waals surface area contributed by atoms with E-state index in [4.69, 9.17) is 9.47 Å². The van der Waals surface area contributed by atoms with E-state index in [-0.39, 0.29) is 18.0 Å². The molecule has 2 heterocycles. The van der Waals surface area contributed by atoms with Gasteiger partial charge in [-0.2, -0.15) is 0 Å². The average molecular weight is 401 g/mol. The summed E-state index contributed by atoms with van der Waals surface area (Å²) >= 11 is 1.39. The Labute approximate surface area is 166 Å². The van der Waals surface area contributed by atoms with Crippen molar-refractivity contribution >= 4 is 27.5 Å². The molecular formula is C20H23N3O4S. The number of aromatic nitrogens is 2. The molecule has 3 aromatic rings. The third-order valence-electron chi connectivity index (χ3n) is 4.28. The van der Waals surface area contributed by atoms with Crippen LogP contribution in [0.4, 0.5) is 0 Å². The molecule has 0 unspecified atom stereocenters. The first-order chi connectivity index (χ1) is 13.4. The van der Waals surface area contributed by atoms with Crippen molar-refractivity contribution in [2.45, 2.75) is 20.4 Å². The molecule has 7 nitrogen and oxygen atoms in total. The monoisotopic (exact) mass is 401 g/mol. The molecule has 0 radical (unpaired) electrons. The summed E-state index contributed by atoms with van der Waals surface area (Å²) in [5, 5.41) is 5.21. The van der Waals surface area contributed by atoms with Crippen molar-refractivity contribution < 1.29 is 14.3 Å². The Morgan fingerprint density at radius 2 is 2.00 bits per heavy atom. The molecule has 0 saturated carbocycles. The summed E-state index contributed by atoms with van der Waals surface area (Å²) in [6.07, 6.45) is 1.43. The highest BCUT2D eigenvalue weighted by molar-refractivity contribution is 7.17. The maximum absolute atomic E-state index is 13.0. The molecule has 0 saturated heterocycles. The summed E-state index contributed by atoms with van der Waals surface area (Å²) in [7, 11) is 3.14. The molecule has 1 aromatic carbocycles. The molecule has 8 heteroatoms. The van der Waals surface area contributed by atoms with Gasteiger partial charge in [-0.15, -0.1) is 11.3 Å². The van der Waals surface area contributed by atoms with E-state index in [1.54, 1.807) is 20.3 Å². The minimum absolute atomic E-state index is 0.0598. The van der Waals surface area contributed by atoms with Gasteiger partial charge in [0.15, 0.2) is 11.5 Å². The van der Waals surface area contributed by atoms with Crippen LogP contribution in [0.15, 0.2) is 34.7 Å². The highest BCUT2D eigenvalue weighted by atomic mass is 32.1. The number of methoxy groups -OCH3 is 2. The van der Waals surface area contributed by atoms with Crippen molar-refractivity contribution in [3.63, 3.8) is 0 Å². The third kappa shape index (κ3) is 4.01. The van der Waals surface area contributed by atoms with Gasteiger partial charge in [0.05, 0.1) is 25.9 Å². The second-order valence-corrected chi connectivity index (χ2v) is 7.63. The van der Waals surface area contributed by atoms with Crippen LogP contribution >= 0.6 is 11.3 Å². The lowest BCUT2D eigenvalue weighted by molar-refractivity contribution is -0.121. The zero-order chi connectivity index (χ0) is 20.3. The van der Waals surface area contributed by atoms with Crippen LogP contribution in [0.2, 0.25) is 0 Å². The van der Waals surface area contributed by atoms with Gasteiger partial charge >= 0.3 is 0 Å². The summed E-state index contributed by atoms with van der Waals surface area (Å²) in [5.41, 5.74) is 1.34. The number of benzene rings is 1. The van der Waals surface area contributed by atoms with Crippen molar-refractivity contribution in [2.24, 2.45) is 5.92 Å². The van der Waals surface area contributed by atoms with Gasteiger partial charge in [-0.25, -0.2) is 4.98 Å². The summed E-state index contributed by atoms with van der Waals surface area (Å²) in [4.78, 5) is 30.1. The van der Waals surface area contributed by atoms with Gasteiger partial charge in [0, 0.05) is 17.5 Å². The topological polar surface area (TPSA) is 82.5 Å². The number of thiophene rings is 1. The van der Waals surface area contributed by atoms with E-state index >= 15 is 0 Å². The SMILES string of the molecule is COc1ccc(-c2csc3ncn(CC(=O)NCC(C)C)c(=O)c23)cc1OC. The Hall–Kier alpha value is -2.87. The van der Waals surface area contributed by atoms with Gasteiger partial charge in [-0.05, 0) is 23.6 Å². The van der Waals surface area contributed by atoms with Gasteiger partial charge in [0.1, 0.15) is 11.4 Å². The number of fused-ring (bicyclic) bond motifs is 1. The maximum Gasteiger partial charge on any atom is 0.263 e. The highest BCUT2D eigenvalue weighted by Crippen LogP contribution is 2.36. The van der Waals surface area contributed by atoms with Crippen molar-refractivity contribution in [1.82, 2.24) is 14.9 Å². The minimum Gasteiger partial charge on any atom is -0.493 e. The standard InChI is InChI=1S/C20H23N3O4S/c1-12(2)8-21-17(24)9-23-11-22-19-18(20(23)25)14(10-28-19)13-5-6-15(26-3)16(7-13)27-4/h5-7,10-12H,8-9H2,1-4H3,(H,21,24). The molecule has 148 valence electrons. The fourth-order valence-electron chi connectivity index (χ4n) is 2.82. The van der Waals surface area contributed by atoms with Crippen molar-refractivity contribution in [3.8, 4) is 22.6 Å². The number of nitrogens with zero attached hydrogens (tertiary/aromatic N) is 2. The molecule has 0 atom stereocenters. The van der Waals surface area contributed by atoms with Crippen LogP contribution in [-0.4, -0.2) is 36.2 Å². The maximum atomic E-state index is 13.0. The smallest absolute Gasteiger partial charge is 0.263 e. The summed E-state index contributed by atoms with van der Waals surface area (Å²) in [6, 6.07) is 5.49. The molecule has 0 fully saturated rings. The van der Waals surface area contributed by atoms with E-state index < -0.39 is 0 Å². The molecule has 0 aliphatic carbocycles. The fourth-order valence-corrected chi connectivity index (χ4v) is 3.73. The summed E-state index contributed by atoms with van der Waals surface area (Å²) < 4.78 is 12.0. The molecule has 0 bridgehead atoms. The van der Waals surface area contributed by atoms with E-state index in [1.807, 2.05) is 31.4 Å². The van der Waals surface area contributed by atoms with E-state index in [1.165, 1.54) is 22.2 Å². The third-order valence-corrected chi connectivity index (χ3v) is 5.16. The minimum atomic E-state index is -0.240. The quantitative estimate of drug-likeness (QED) is 0.658. The Morgan fingerprint density at radius 3 is 2.68 bits per heavy atom. The Balaban J connectivity index is 2.00. The van der Waals surface area contributed by atoms with Crippen LogP contribution < -0.4 is 20.3 Å². The van der Waals surface area contributed by atoms with Crippen LogP contribution in [0.1, 0.15) is 13.8 Å². The van der Waals surface area contributed by atoms with Crippen LogP contribution in [0, 0.1) is 5.92 Å². The Bertz CT molecular complexity index is 1060. The zero-order valence-electron chi connectivity index (χ0n) is 16.3. The number of amides is 1. The summed E-state index contributed by atoms with van der Waals surface area (Å²) in [6.45, 7) is 4.54. The normalized spacial score (nSPS) is 11.0. The van der Waals surface area contributed by atoms with Gasteiger partial charge in [-0.3, -0.25) is 14.2 Å². The average Bonchev–Trinajstić information content (AvgIpc) is 3.13. The second-order valence-electron chi connectivity index (χ2n) is 6.77. The predicted molar refractivity (Wildman–Crippen MR) is 110 cm³/mol. The van der Waals surface area contributed by atoms with Gasteiger partial charge in [0.2, 0.25) is 5.91 Å². The zero-order valence-corrected chi connectivity index (χ0v) is 17.1. The van der Waals surface area contributed by atoms with Crippen LogP contribution in [0.5, 0.6) is 11.5 Å². The Kier molecular flexibility index (Phi) is 5.99. The van der Waals surface area contributed by atoms with Gasteiger partial charge in [0.25, 0.3) is 5.56 Å². The predicted octanol–water partition coefficient (Wildman–Crippen LogP) is 2.91. The lowest BCUT2D eigenvalue weighted by atomic mass is 10.1. The molecule has 0 spiro atoms. The highest BCUT2D eigenvalue weighted by Gasteiger charge is 2.16. The fraction of sp³-hybridized carbons (Fsp3) is 0.350. The molecule has 1 amide bonds. The van der Waals surface area contributed by atoms with Gasteiger partial charge < -0.3 is 14.8 Å². The molecule has 0 aliphatic rings. The van der Waals surface area contributed by atoms with E-state index in [0.717, 1.165) is 11.1 Å². The number of hydrogen-bond acceptors (Lipinski definition) is 6. The lowest BCUT2D eigenvalue weighted by Crippen LogP contribution is -2.34. The first kappa shape index (κ1) is 19.9. The van der Waals surface area contributed by atoms with E-state index in [0.29, 0.717) is 34.2 Å². The molecule has 28 heavy (non-hydrogen) atoms. The molecule has 1 N–H and O–H groups in total. The van der Waals surface area contributed by atoms with E-state index in [2.05, 4.69) is 10.3 Å². The first-order valence-electron chi connectivity index (χ1n) is 8.90.